The van der Waals surface area contributed by atoms with Crippen LogP contribution in [0, 0.1) is 5.82 Å². The number of hydrogen-bond acceptors (Lipinski definition) is 5. The Bertz CT molecular complexity index is 1000. The largest absolute Gasteiger partial charge is 0.423 e. The molecule has 0 bridgehead atoms. The van der Waals surface area contributed by atoms with E-state index in [0.29, 0.717) is 11.6 Å². The van der Waals surface area contributed by atoms with Crippen molar-refractivity contribution in [1.82, 2.24) is 9.71 Å². The molecule has 0 aliphatic carbocycles. The third-order valence-electron chi connectivity index (χ3n) is 4.54. The summed E-state index contributed by atoms with van der Waals surface area (Å²) in [6.07, 6.45) is 1.71. The Kier molecular flexibility index (Phi) is 4.37. The lowest BCUT2D eigenvalue weighted by atomic mass is 10.2. The number of sulfonamides is 1. The van der Waals surface area contributed by atoms with Crippen LogP contribution >= 0.6 is 0 Å². The van der Waals surface area contributed by atoms with Crippen molar-refractivity contribution in [3.63, 3.8) is 0 Å². The first-order valence-electron chi connectivity index (χ1n) is 8.41. The minimum atomic E-state index is -3.91. The number of fused-ring (bicyclic) bond motifs is 1. The second-order valence-corrected chi connectivity index (χ2v) is 7.97. The van der Waals surface area contributed by atoms with E-state index in [0.717, 1.165) is 31.0 Å². The molecule has 1 aliphatic heterocycles. The van der Waals surface area contributed by atoms with Crippen molar-refractivity contribution >= 4 is 27.1 Å². The number of rotatable bonds is 5. The van der Waals surface area contributed by atoms with Crippen LogP contribution in [0.2, 0.25) is 0 Å². The maximum absolute atomic E-state index is 13.8. The summed E-state index contributed by atoms with van der Waals surface area (Å²) >= 11 is 0. The van der Waals surface area contributed by atoms with Crippen LogP contribution in [0.5, 0.6) is 0 Å². The van der Waals surface area contributed by atoms with Crippen LogP contribution in [0.1, 0.15) is 12.8 Å². The molecule has 1 N–H and O–H groups in total. The van der Waals surface area contributed by atoms with Gasteiger partial charge in [-0.05, 0) is 37.1 Å². The van der Waals surface area contributed by atoms with Gasteiger partial charge in [0.05, 0.1) is 0 Å². The van der Waals surface area contributed by atoms with E-state index < -0.39 is 15.8 Å². The van der Waals surface area contributed by atoms with Gasteiger partial charge in [0.15, 0.2) is 5.58 Å². The quantitative estimate of drug-likeness (QED) is 0.742. The number of hydrogen-bond donors (Lipinski definition) is 1. The molecule has 4 rings (SSSR count). The molecule has 2 aromatic carbocycles. The molecule has 26 heavy (non-hydrogen) atoms. The first-order chi connectivity index (χ1) is 12.5. The fraction of sp³-hybridized carbons (Fsp3) is 0.278. The van der Waals surface area contributed by atoms with Crippen LogP contribution in [-0.4, -0.2) is 32.5 Å². The molecule has 0 spiro atoms. The van der Waals surface area contributed by atoms with Crippen molar-refractivity contribution in [3.8, 4) is 0 Å². The predicted molar refractivity (Wildman–Crippen MR) is 96.0 cm³/mol. The highest BCUT2D eigenvalue weighted by Gasteiger charge is 2.30. The van der Waals surface area contributed by atoms with Gasteiger partial charge in [0.25, 0.3) is 6.01 Å². The second-order valence-electron chi connectivity index (χ2n) is 6.24. The molecule has 3 aromatic rings. The summed E-state index contributed by atoms with van der Waals surface area (Å²) in [5.41, 5.74) is 1.46. The Balaban J connectivity index is 1.51. The minimum absolute atomic E-state index is 0.0930. The lowest BCUT2D eigenvalue weighted by Crippen LogP contribution is -2.40. The molecule has 1 atom stereocenters. The summed E-state index contributed by atoms with van der Waals surface area (Å²) < 4.78 is 46.9. The molecule has 1 aliphatic rings. The number of anilines is 1. The average molecular weight is 375 g/mol. The maximum Gasteiger partial charge on any atom is 0.298 e. The number of benzene rings is 2. The molecule has 6 nitrogen and oxygen atoms in total. The van der Waals surface area contributed by atoms with Crippen molar-refractivity contribution in [2.75, 3.05) is 18.0 Å². The molecule has 136 valence electrons. The second kappa shape index (κ2) is 6.69. The summed E-state index contributed by atoms with van der Waals surface area (Å²) in [5.74, 6) is -0.762. The number of para-hydroxylation sites is 2. The highest BCUT2D eigenvalue weighted by Crippen LogP contribution is 2.28. The zero-order valence-electron chi connectivity index (χ0n) is 13.9. The molecule has 8 heteroatoms. The van der Waals surface area contributed by atoms with E-state index in [9.17, 15) is 12.8 Å². The molecule has 1 saturated heterocycles. The van der Waals surface area contributed by atoms with E-state index in [1.807, 2.05) is 29.2 Å². The number of oxazole rings is 1. The number of halogens is 1. The molecule has 2 heterocycles. The normalized spacial score (nSPS) is 17.9. The Labute approximate surface area is 150 Å². The first-order valence-corrected chi connectivity index (χ1v) is 9.89. The van der Waals surface area contributed by atoms with Crippen LogP contribution in [0.25, 0.3) is 11.1 Å². The Morgan fingerprint density at radius 1 is 1.19 bits per heavy atom. The average Bonchev–Trinajstić information content (AvgIpc) is 3.26. The number of aromatic nitrogens is 1. The van der Waals surface area contributed by atoms with Gasteiger partial charge in [-0.25, -0.2) is 17.5 Å². The Morgan fingerprint density at radius 3 is 2.77 bits per heavy atom. The smallest absolute Gasteiger partial charge is 0.298 e. The molecule has 0 radical (unpaired) electrons. The summed E-state index contributed by atoms with van der Waals surface area (Å²) in [4.78, 5) is 6.10. The number of nitrogens with one attached hydrogen (secondary N) is 1. The third kappa shape index (κ3) is 3.17. The van der Waals surface area contributed by atoms with Crippen molar-refractivity contribution in [1.29, 1.82) is 0 Å². The highest BCUT2D eigenvalue weighted by molar-refractivity contribution is 7.89. The Morgan fingerprint density at radius 2 is 1.96 bits per heavy atom. The van der Waals surface area contributed by atoms with Gasteiger partial charge in [0.2, 0.25) is 10.0 Å². The van der Waals surface area contributed by atoms with Gasteiger partial charge in [0.1, 0.15) is 16.2 Å². The van der Waals surface area contributed by atoms with Crippen LogP contribution in [0.4, 0.5) is 10.4 Å². The summed E-state index contributed by atoms with van der Waals surface area (Å²) in [6, 6.07) is 13.2. The van der Waals surface area contributed by atoms with Crippen molar-refractivity contribution in [2.45, 2.75) is 23.8 Å². The lowest BCUT2D eigenvalue weighted by Gasteiger charge is -2.23. The van der Waals surface area contributed by atoms with Crippen LogP contribution in [0.15, 0.2) is 57.8 Å². The van der Waals surface area contributed by atoms with Gasteiger partial charge in [-0.3, -0.25) is 0 Å². The fourth-order valence-corrected chi connectivity index (χ4v) is 4.38. The first kappa shape index (κ1) is 17.0. The van der Waals surface area contributed by atoms with E-state index >= 15 is 0 Å². The molecule has 0 saturated carbocycles. The zero-order valence-corrected chi connectivity index (χ0v) is 14.7. The lowest BCUT2D eigenvalue weighted by molar-refractivity contribution is 0.528. The van der Waals surface area contributed by atoms with Crippen LogP contribution in [-0.2, 0) is 10.0 Å². The van der Waals surface area contributed by atoms with E-state index in [-0.39, 0.29) is 17.5 Å². The zero-order chi connectivity index (χ0) is 18.1. The van der Waals surface area contributed by atoms with Gasteiger partial charge in [-0.1, -0.05) is 24.3 Å². The molecule has 1 fully saturated rings. The van der Waals surface area contributed by atoms with Crippen molar-refractivity contribution in [2.24, 2.45) is 0 Å². The number of nitrogens with zero attached hydrogens (tertiary/aromatic N) is 2. The van der Waals surface area contributed by atoms with Crippen molar-refractivity contribution < 1.29 is 17.2 Å². The maximum atomic E-state index is 13.8. The molecular formula is C18H18FN3O3S. The van der Waals surface area contributed by atoms with E-state index in [1.165, 1.54) is 18.2 Å². The van der Waals surface area contributed by atoms with Gasteiger partial charge >= 0.3 is 0 Å². The molecule has 1 aromatic heterocycles. The van der Waals surface area contributed by atoms with E-state index in [2.05, 4.69) is 9.71 Å². The fourth-order valence-electron chi connectivity index (χ4n) is 3.23. The van der Waals surface area contributed by atoms with E-state index in [1.54, 1.807) is 0 Å². The molecule has 1 unspecified atom stereocenters. The Hall–Kier alpha value is -2.45. The minimum Gasteiger partial charge on any atom is -0.423 e. The summed E-state index contributed by atoms with van der Waals surface area (Å²) in [7, 11) is -3.91. The highest BCUT2D eigenvalue weighted by atomic mass is 32.2. The van der Waals surface area contributed by atoms with Gasteiger partial charge in [-0.2, -0.15) is 4.98 Å². The predicted octanol–water partition coefficient (Wildman–Crippen LogP) is 2.91. The standard InChI is InChI=1S/C18H18FN3O3S/c19-14-7-1-4-10-17(14)26(23,24)20-12-13-6-5-11-22(13)18-21-15-8-2-3-9-16(15)25-18/h1-4,7-10,13,20H,5-6,11-12H2. The molecule has 0 amide bonds. The monoisotopic (exact) mass is 375 g/mol. The van der Waals surface area contributed by atoms with Crippen LogP contribution in [0.3, 0.4) is 0 Å². The summed E-state index contributed by atoms with van der Waals surface area (Å²) in [5, 5.41) is 0. The van der Waals surface area contributed by atoms with E-state index in [4.69, 9.17) is 4.42 Å². The van der Waals surface area contributed by atoms with Gasteiger partial charge < -0.3 is 9.32 Å². The van der Waals surface area contributed by atoms with Crippen LogP contribution < -0.4 is 9.62 Å². The van der Waals surface area contributed by atoms with Gasteiger partial charge in [-0.15, -0.1) is 0 Å². The SMILES string of the molecule is O=S(=O)(NCC1CCCN1c1nc2ccccc2o1)c1ccccc1F. The summed E-state index contributed by atoms with van der Waals surface area (Å²) in [6.45, 7) is 0.897. The topological polar surface area (TPSA) is 75.4 Å². The van der Waals surface area contributed by atoms with Gasteiger partial charge in [0, 0.05) is 19.1 Å². The van der Waals surface area contributed by atoms with Crippen molar-refractivity contribution in [3.05, 3.63) is 54.3 Å². The third-order valence-corrected chi connectivity index (χ3v) is 6.00. The molecular weight excluding hydrogens is 357 g/mol.